The third kappa shape index (κ3) is 6.66. The Balaban J connectivity index is 2.75. The van der Waals surface area contributed by atoms with Crippen LogP contribution in [-0.2, 0) is 0 Å². The summed E-state index contributed by atoms with van der Waals surface area (Å²) in [5.74, 6) is 0.531. The van der Waals surface area contributed by atoms with Crippen molar-refractivity contribution < 1.29 is 0 Å². The largest absolute Gasteiger partial charge is 0.319 e. The fourth-order valence-corrected chi connectivity index (χ4v) is 1.90. The molecule has 0 bridgehead atoms. The van der Waals surface area contributed by atoms with Crippen LogP contribution in [0.15, 0.2) is 40.6 Å². The molecule has 1 aromatic carbocycles. The third-order valence-corrected chi connectivity index (χ3v) is 2.63. The van der Waals surface area contributed by atoms with E-state index in [0.717, 1.165) is 12.1 Å². The zero-order chi connectivity index (χ0) is 15.2. The van der Waals surface area contributed by atoms with Gasteiger partial charge in [0.1, 0.15) is 5.66 Å². The van der Waals surface area contributed by atoms with E-state index < -0.39 is 5.66 Å². The lowest BCUT2D eigenvalue weighted by molar-refractivity contribution is 0.297. The number of benzene rings is 1. The molecule has 4 nitrogen and oxygen atoms in total. The normalized spacial score (nSPS) is 15.6. The lowest BCUT2D eigenvalue weighted by Gasteiger charge is -2.29. The van der Waals surface area contributed by atoms with Gasteiger partial charge < -0.3 is 5.43 Å². The highest BCUT2D eigenvalue weighted by atomic mass is 15.5. The van der Waals surface area contributed by atoms with Crippen molar-refractivity contribution in [3.8, 4) is 0 Å². The van der Waals surface area contributed by atoms with Gasteiger partial charge in [0.25, 0.3) is 0 Å². The minimum absolute atomic E-state index is 0.160. The summed E-state index contributed by atoms with van der Waals surface area (Å²) < 4.78 is 0. The van der Waals surface area contributed by atoms with E-state index >= 15 is 0 Å². The molecule has 0 fully saturated rings. The number of nitrogens with zero attached hydrogens (tertiary/aromatic N) is 2. The minimum atomic E-state index is -0.419. The van der Waals surface area contributed by atoms with Crippen LogP contribution in [-0.4, -0.2) is 11.2 Å². The predicted octanol–water partition coefficient (Wildman–Crippen LogP) is 4.62. The van der Waals surface area contributed by atoms with Crippen molar-refractivity contribution in [2.45, 2.75) is 59.2 Å². The number of para-hydroxylation sites is 1. The lowest BCUT2D eigenvalue weighted by Crippen LogP contribution is -2.45. The van der Waals surface area contributed by atoms with Crippen LogP contribution < -0.4 is 10.9 Å². The first kappa shape index (κ1) is 16.6. The fourth-order valence-electron chi connectivity index (χ4n) is 1.90. The Labute approximate surface area is 123 Å². The Morgan fingerprint density at radius 3 is 2.10 bits per heavy atom. The van der Waals surface area contributed by atoms with Crippen molar-refractivity contribution in [2.24, 2.45) is 16.1 Å². The number of azo groups is 1. The van der Waals surface area contributed by atoms with Gasteiger partial charge >= 0.3 is 0 Å². The molecule has 0 saturated carbocycles. The summed E-state index contributed by atoms with van der Waals surface area (Å²) in [7, 11) is 0. The molecular formula is C16H28N4. The molecule has 4 heteroatoms. The molecule has 0 aromatic heterocycles. The van der Waals surface area contributed by atoms with Crippen LogP contribution in [0.25, 0.3) is 0 Å². The first-order valence-corrected chi connectivity index (χ1v) is 7.22. The number of anilines is 1. The SMILES string of the molecule is CC(C)CC(C)(N=NC(C)(C)C)NNc1ccccc1. The lowest BCUT2D eigenvalue weighted by atomic mass is 10.0. The first-order valence-electron chi connectivity index (χ1n) is 7.22. The van der Waals surface area contributed by atoms with Crippen LogP contribution >= 0.6 is 0 Å². The number of rotatable bonds is 6. The Hall–Kier alpha value is -1.42. The smallest absolute Gasteiger partial charge is 0.145 e. The zero-order valence-corrected chi connectivity index (χ0v) is 13.6. The summed E-state index contributed by atoms with van der Waals surface area (Å²) in [6.07, 6.45) is 0.909. The van der Waals surface area contributed by atoms with Gasteiger partial charge in [-0.3, -0.25) is 0 Å². The molecule has 1 aromatic rings. The molecule has 0 aliphatic heterocycles. The molecular weight excluding hydrogens is 248 g/mol. The van der Waals surface area contributed by atoms with E-state index in [1.54, 1.807) is 0 Å². The van der Waals surface area contributed by atoms with Gasteiger partial charge in [0, 0.05) is 5.69 Å². The summed E-state index contributed by atoms with van der Waals surface area (Å²) in [5, 5.41) is 8.95. The molecule has 0 saturated heterocycles. The minimum Gasteiger partial charge on any atom is -0.319 e. The maximum absolute atomic E-state index is 4.53. The van der Waals surface area contributed by atoms with Crippen molar-refractivity contribution in [1.29, 1.82) is 0 Å². The molecule has 0 amide bonds. The number of hydrogen-bond donors (Lipinski definition) is 2. The molecule has 0 aliphatic rings. The van der Waals surface area contributed by atoms with E-state index in [0.29, 0.717) is 5.92 Å². The van der Waals surface area contributed by atoms with E-state index in [1.165, 1.54) is 0 Å². The van der Waals surface area contributed by atoms with Gasteiger partial charge in [0.05, 0.1) is 5.54 Å². The zero-order valence-electron chi connectivity index (χ0n) is 13.6. The van der Waals surface area contributed by atoms with E-state index in [4.69, 9.17) is 0 Å². The standard InChI is InChI=1S/C16H28N4/c1-13(2)12-16(6,20-18-15(3,4)5)19-17-14-10-8-7-9-11-14/h7-11,13,17,19H,12H2,1-6H3. The molecule has 1 unspecified atom stereocenters. The van der Waals surface area contributed by atoms with Crippen molar-refractivity contribution in [3.05, 3.63) is 30.3 Å². The average molecular weight is 276 g/mol. The van der Waals surface area contributed by atoms with Gasteiger partial charge in [-0.15, -0.1) is 0 Å². The van der Waals surface area contributed by atoms with Gasteiger partial charge in [0.15, 0.2) is 0 Å². The van der Waals surface area contributed by atoms with Crippen LogP contribution in [0.5, 0.6) is 0 Å². The quantitative estimate of drug-likeness (QED) is 0.588. The molecule has 0 heterocycles. The topological polar surface area (TPSA) is 48.8 Å². The molecule has 2 N–H and O–H groups in total. The maximum atomic E-state index is 4.53. The number of hydrogen-bond acceptors (Lipinski definition) is 4. The van der Waals surface area contributed by atoms with Gasteiger partial charge in [-0.05, 0) is 52.2 Å². The molecule has 20 heavy (non-hydrogen) atoms. The number of nitrogens with one attached hydrogen (secondary N) is 2. The van der Waals surface area contributed by atoms with Crippen LogP contribution in [0.3, 0.4) is 0 Å². The van der Waals surface area contributed by atoms with Crippen LogP contribution in [0.4, 0.5) is 5.69 Å². The van der Waals surface area contributed by atoms with Gasteiger partial charge in [-0.25, -0.2) is 5.43 Å². The summed E-state index contributed by atoms with van der Waals surface area (Å²) >= 11 is 0. The monoisotopic (exact) mass is 276 g/mol. The highest BCUT2D eigenvalue weighted by Crippen LogP contribution is 2.21. The van der Waals surface area contributed by atoms with E-state index in [-0.39, 0.29) is 5.54 Å². The van der Waals surface area contributed by atoms with Gasteiger partial charge in [0.2, 0.25) is 0 Å². The summed E-state index contributed by atoms with van der Waals surface area (Å²) in [5.41, 5.74) is 6.97. The van der Waals surface area contributed by atoms with Gasteiger partial charge in [-0.1, -0.05) is 32.0 Å². The Bertz CT molecular complexity index is 420. The third-order valence-electron chi connectivity index (χ3n) is 2.63. The van der Waals surface area contributed by atoms with E-state index in [9.17, 15) is 0 Å². The second-order valence-electron chi connectivity index (χ2n) is 6.86. The number of hydrazine groups is 1. The summed E-state index contributed by atoms with van der Waals surface area (Å²) in [4.78, 5) is 0. The summed E-state index contributed by atoms with van der Waals surface area (Å²) in [6.45, 7) is 12.6. The second-order valence-corrected chi connectivity index (χ2v) is 6.86. The molecule has 0 radical (unpaired) electrons. The predicted molar refractivity (Wildman–Crippen MR) is 85.7 cm³/mol. The maximum Gasteiger partial charge on any atom is 0.145 e. The Kier molecular flexibility index (Phi) is 5.69. The van der Waals surface area contributed by atoms with E-state index in [1.807, 2.05) is 30.3 Å². The molecule has 0 aliphatic carbocycles. The van der Waals surface area contributed by atoms with Crippen LogP contribution in [0.1, 0.15) is 48.0 Å². The Morgan fingerprint density at radius 2 is 1.60 bits per heavy atom. The van der Waals surface area contributed by atoms with Crippen molar-refractivity contribution >= 4 is 5.69 Å². The van der Waals surface area contributed by atoms with Crippen molar-refractivity contribution in [2.75, 3.05) is 5.43 Å². The van der Waals surface area contributed by atoms with Crippen molar-refractivity contribution in [1.82, 2.24) is 5.43 Å². The Morgan fingerprint density at radius 1 is 1.00 bits per heavy atom. The first-order chi connectivity index (χ1) is 9.20. The molecule has 1 atom stereocenters. The van der Waals surface area contributed by atoms with E-state index in [2.05, 4.69) is 62.6 Å². The fraction of sp³-hybridized carbons (Fsp3) is 0.625. The van der Waals surface area contributed by atoms with Gasteiger partial charge in [-0.2, -0.15) is 10.2 Å². The summed E-state index contributed by atoms with van der Waals surface area (Å²) in [6, 6.07) is 10.0. The molecule has 0 spiro atoms. The molecule has 1 rings (SSSR count). The highest BCUT2D eigenvalue weighted by molar-refractivity contribution is 5.41. The average Bonchev–Trinajstić information content (AvgIpc) is 2.34. The second kappa shape index (κ2) is 6.84. The van der Waals surface area contributed by atoms with Crippen molar-refractivity contribution in [3.63, 3.8) is 0 Å². The molecule has 112 valence electrons. The highest BCUT2D eigenvalue weighted by Gasteiger charge is 2.25. The van der Waals surface area contributed by atoms with Crippen LogP contribution in [0, 0.1) is 5.92 Å². The van der Waals surface area contributed by atoms with Crippen LogP contribution in [0.2, 0.25) is 0 Å².